The van der Waals surface area contributed by atoms with Crippen LogP contribution in [0.2, 0.25) is 0 Å². The van der Waals surface area contributed by atoms with Gasteiger partial charge < -0.3 is 9.73 Å². The fraction of sp³-hybridized carbons (Fsp3) is 0.368. The molecule has 0 unspecified atom stereocenters. The number of sulfonamides is 1. The number of carbonyl (C=O) groups is 2. The summed E-state index contributed by atoms with van der Waals surface area (Å²) in [4.78, 5) is 23.9. The number of benzene rings is 1. The Hall–Kier alpha value is -2.61. The summed E-state index contributed by atoms with van der Waals surface area (Å²) in [7, 11) is -4.14. The molecule has 0 saturated heterocycles. The largest absolute Gasteiger partial charge is 0.450 e. The summed E-state index contributed by atoms with van der Waals surface area (Å²) in [6.07, 6.45) is 1.73. The van der Waals surface area contributed by atoms with Crippen molar-refractivity contribution in [1.82, 2.24) is 10.0 Å². The number of hydrogen-bond donors (Lipinski definition) is 2. The number of aryl methyl sites for hydroxylation is 1. The second-order valence-corrected chi connectivity index (χ2v) is 8.40. The molecule has 146 valence electrons. The SMILES string of the molecule is Cc1ccc(CNC(=O)c2coc(S(=O)(=O)NC(=O)CCC(C)C)c2)cc1. The van der Waals surface area contributed by atoms with Gasteiger partial charge in [-0.2, -0.15) is 8.42 Å². The molecule has 7 nitrogen and oxygen atoms in total. The fourth-order valence-electron chi connectivity index (χ4n) is 2.24. The van der Waals surface area contributed by atoms with Crippen molar-refractivity contribution in [1.29, 1.82) is 0 Å². The third-order valence-electron chi connectivity index (χ3n) is 3.87. The molecule has 2 aromatic rings. The van der Waals surface area contributed by atoms with Gasteiger partial charge in [0.05, 0.1) is 5.56 Å². The highest BCUT2D eigenvalue weighted by atomic mass is 32.2. The molecule has 1 aromatic heterocycles. The first-order chi connectivity index (χ1) is 12.7. The minimum atomic E-state index is -4.14. The number of hydrogen-bond acceptors (Lipinski definition) is 5. The molecule has 0 aliphatic carbocycles. The molecule has 1 heterocycles. The predicted molar refractivity (Wildman–Crippen MR) is 100 cm³/mol. The van der Waals surface area contributed by atoms with E-state index in [2.05, 4.69) is 5.32 Å². The van der Waals surface area contributed by atoms with E-state index in [0.717, 1.165) is 23.5 Å². The van der Waals surface area contributed by atoms with E-state index in [4.69, 9.17) is 4.42 Å². The molecular weight excluding hydrogens is 368 g/mol. The van der Waals surface area contributed by atoms with E-state index in [1.807, 2.05) is 49.8 Å². The predicted octanol–water partition coefficient (Wildman–Crippen LogP) is 2.76. The molecule has 2 rings (SSSR count). The quantitative estimate of drug-likeness (QED) is 0.719. The van der Waals surface area contributed by atoms with Crippen LogP contribution in [0.15, 0.2) is 46.1 Å². The van der Waals surface area contributed by atoms with Crippen LogP contribution in [0, 0.1) is 12.8 Å². The number of furan rings is 1. The zero-order valence-electron chi connectivity index (χ0n) is 15.6. The first-order valence-corrected chi connectivity index (χ1v) is 10.1. The van der Waals surface area contributed by atoms with E-state index in [1.165, 1.54) is 0 Å². The molecule has 1 aromatic carbocycles. The Morgan fingerprint density at radius 2 is 1.81 bits per heavy atom. The van der Waals surface area contributed by atoms with Crippen LogP contribution < -0.4 is 10.0 Å². The van der Waals surface area contributed by atoms with Crippen molar-refractivity contribution in [2.24, 2.45) is 5.92 Å². The molecule has 2 amide bonds. The molecule has 0 bridgehead atoms. The molecule has 0 atom stereocenters. The first kappa shape index (κ1) is 20.7. The van der Waals surface area contributed by atoms with Crippen molar-refractivity contribution in [2.45, 2.75) is 45.2 Å². The highest BCUT2D eigenvalue weighted by Gasteiger charge is 2.23. The van der Waals surface area contributed by atoms with E-state index in [9.17, 15) is 18.0 Å². The van der Waals surface area contributed by atoms with Gasteiger partial charge in [-0.05, 0) is 24.8 Å². The van der Waals surface area contributed by atoms with E-state index in [-0.39, 0.29) is 17.9 Å². The van der Waals surface area contributed by atoms with Crippen molar-refractivity contribution in [3.05, 3.63) is 53.3 Å². The maximum absolute atomic E-state index is 12.2. The highest BCUT2D eigenvalue weighted by Crippen LogP contribution is 2.15. The molecule has 0 aliphatic rings. The van der Waals surface area contributed by atoms with Crippen molar-refractivity contribution in [3.63, 3.8) is 0 Å². The topological polar surface area (TPSA) is 105 Å². The third-order valence-corrected chi connectivity index (χ3v) is 5.11. The highest BCUT2D eigenvalue weighted by molar-refractivity contribution is 7.89. The summed E-state index contributed by atoms with van der Waals surface area (Å²) in [5, 5.41) is 2.22. The standard InChI is InChI=1S/C19H24N2O5S/c1-13(2)4-9-17(22)21-27(24,25)18-10-16(12-26-18)19(23)20-11-15-7-5-14(3)6-8-15/h5-8,10,12-13H,4,9,11H2,1-3H3,(H,20,23)(H,21,22). The minimum absolute atomic E-state index is 0.0668. The normalized spacial score (nSPS) is 11.4. The van der Waals surface area contributed by atoms with Crippen LogP contribution in [0.3, 0.4) is 0 Å². The molecule has 8 heteroatoms. The van der Waals surface area contributed by atoms with Gasteiger partial charge in [-0.1, -0.05) is 43.7 Å². The number of rotatable bonds is 8. The first-order valence-electron chi connectivity index (χ1n) is 8.65. The summed E-state index contributed by atoms with van der Waals surface area (Å²) in [5.74, 6) is -0.789. The zero-order valence-corrected chi connectivity index (χ0v) is 16.4. The van der Waals surface area contributed by atoms with Crippen molar-refractivity contribution < 1.29 is 22.4 Å². The maximum Gasteiger partial charge on any atom is 0.297 e. The van der Waals surface area contributed by atoms with Gasteiger partial charge in [-0.25, -0.2) is 4.72 Å². The third kappa shape index (κ3) is 6.25. The Bertz CT molecular complexity index is 898. The Balaban J connectivity index is 1.96. The molecule has 2 N–H and O–H groups in total. The van der Waals surface area contributed by atoms with E-state index in [1.54, 1.807) is 0 Å². The van der Waals surface area contributed by atoms with E-state index in [0.29, 0.717) is 13.0 Å². The monoisotopic (exact) mass is 392 g/mol. The summed E-state index contributed by atoms with van der Waals surface area (Å²) in [6, 6.07) is 8.77. The van der Waals surface area contributed by atoms with Gasteiger partial charge in [-0.3, -0.25) is 9.59 Å². The summed E-state index contributed by atoms with van der Waals surface area (Å²) in [6.45, 7) is 6.15. The van der Waals surface area contributed by atoms with Crippen LogP contribution >= 0.6 is 0 Å². The van der Waals surface area contributed by atoms with E-state index >= 15 is 0 Å². The molecule has 0 saturated carbocycles. The number of nitrogens with one attached hydrogen (secondary N) is 2. The lowest BCUT2D eigenvalue weighted by Crippen LogP contribution is -2.30. The van der Waals surface area contributed by atoms with Crippen molar-refractivity contribution in [2.75, 3.05) is 0 Å². The van der Waals surface area contributed by atoms with Gasteiger partial charge in [0.2, 0.25) is 11.0 Å². The van der Waals surface area contributed by atoms with Crippen molar-refractivity contribution >= 4 is 21.8 Å². The Morgan fingerprint density at radius 3 is 2.44 bits per heavy atom. The molecule has 27 heavy (non-hydrogen) atoms. The second-order valence-electron chi connectivity index (χ2n) is 6.78. The lowest BCUT2D eigenvalue weighted by molar-refractivity contribution is -0.119. The van der Waals surface area contributed by atoms with Crippen LogP contribution in [0.5, 0.6) is 0 Å². The zero-order chi connectivity index (χ0) is 20.0. The molecule has 0 fully saturated rings. The summed E-state index contributed by atoms with van der Waals surface area (Å²) in [5.41, 5.74) is 2.10. The van der Waals surface area contributed by atoms with Crippen LogP contribution in [0.25, 0.3) is 0 Å². The van der Waals surface area contributed by atoms with Gasteiger partial charge in [-0.15, -0.1) is 0 Å². The van der Waals surface area contributed by atoms with E-state index < -0.39 is 26.9 Å². The average Bonchev–Trinajstić information content (AvgIpc) is 3.10. The number of carbonyl (C=O) groups excluding carboxylic acids is 2. The van der Waals surface area contributed by atoms with Gasteiger partial charge in [0, 0.05) is 19.0 Å². The lowest BCUT2D eigenvalue weighted by atomic mass is 10.1. The summed E-state index contributed by atoms with van der Waals surface area (Å²) >= 11 is 0. The molecule has 0 radical (unpaired) electrons. The van der Waals surface area contributed by atoms with Gasteiger partial charge in [0.15, 0.2) is 0 Å². The van der Waals surface area contributed by atoms with Crippen molar-refractivity contribution in [3.8, 4) is 0 Å². The van der Waals surface area contributed by atoms with Gasteiger partial charge in [0.25, 0.3) is 15.9 Å². The average molecular weight is 392 g/mol. The Kier molecular flexibility index (Phi) is 6.79. The minimum Gasteiger partial charge on any atom is -0.450 e. The fourth-order valence-corrected chi connectivity index (χ4v) is 3.20. The van der Waals surface area contributed by atoms with Gasteiger partial charge in [0.1, 0.15) is 6.26 Å². The van der Waals surface area contributed by atoms with Crippen LogP contribution in [0.4, 0.5) is 0 Å². The maximum atomic E-state index is 12.2. The van der Waals surface area contributed by atoms with Gasteiger partial charge >= 0.3 is 0 Å². The van der Waals surface area contributed by atoms with Crippen LogP contribution in [-0.4, -0.2) is 20.2 Å². The Labute approximate surface area is 159 Å². The smallest absolute Gasteiger partial charge is 0.297 e. The molecular formula is C19H24N2O5S. The Morgan fingerprint density at radius 1 is 1.15 bits per heavy atom. The second kappa shape index (κ2) is 8.85. The lowest BCUT2D eigenvalue weighted by Gasteiger charge is -2.06. The van der Waals surface area contributed by atoms with Crippen LogP contribution in [-0.2, 0) is 21.4 Å². The number of amides is 2. The van der Waals surface area contributed by atoms with Crippen LogP contribution in [0.1, 0.15) is 48.2 Å². The molecule has 0 aliphatic heterocycles. The summed E-state index contributed by atoms with van der Waals surface area (Å²) < 4.78 is 31.3. The molecule has 0 spiro atoms.